The predicted molar refractivity (Wildman–Crippen MR) is 139 cm³/mol. The number of alkyl halides is 5. The fourth-order valence-electron chi connectivity index (χ4n) is 4.31. The van der Waals surface area contributed by atoms with Crippen LogP contribution >= 0.6 is 0 Å². The third-order valence-electron chi connectivity index (χ3n) is 7.93. The number of benzene rings is 1. The van der Waals surface area contributed by atoms with E-state index < -0.39 is 65.7 Å². The first kappa shape index (κ1) is 33.6. The van der Waals surface area contributed by atoms with Crippen LogP contribution in [0.5, 0.6) is 0 Å². The summed E-state index contributed by atoms with van der Waals surface area (Å²) in [6, 6.07) is 4.31. The number of ether oxygens (including phenoxy) is 2. The highest BCUT2D eigenvalue weighted by molar-refractivity contribution is 7.89. The number of halogens is 6. The molecule has 1 aromatic rings. The molecule has 1 spiro atoms. The minimum absolute atomic E-state index is 0.0153. The number of carbonyl (C=O) groups excluding carboxylic acids is 1. The molecule has 0 saturated carbocycles. The van der Waals surface area contributed by atoms with Crippen molar-refractivity contribution in [2.24, 2.45) is 0 Å². The Balaban J connectivity index is 1.66. The summed E-state index contributed by atoms with van der Waals surface area (Å²) in [6.45, 7) is 6.41. The molecular formula is C25H36F6N2O6SSi. The van der Waals surface area contributed by atoms with Crippen LogP contribution in [0.3, 0.4) is 0 Å². The van der Waals surface area contributed by atoms with Crippen LogP contribution in [0.15, 0.2) is 29.2 Å². The van der Waals surface area contributed by atoms with Gasteiger partial charge >= 0.3 is 18.2 Å². The van der Waals surface area contributed by atoms with E-state index in [1.807, 2.05) is 0 Å². The molecule has 2 heterocycles. The van der Waals surface area contributed by atoms with Gasteiger partial charge in [0.15, 0.2) is 8.32 Å². The molecular weight excluding hydrogens is 598 g/mol. The van der Waals surface area contributed by atoms with Crippen molar-refractivity contribution in [3.63, 3.8) is 0 Å². The fourth-order valence-corrected chi connectivity index (χ4v) is 6.79. The van der Waals surface area contributed by atoms with Crippen LogP contribution in [0, 0.1) is 5.82 Å². The number of likely N-dealkylation sites (tertiary alicyclic amines) is 1. The molecule has 2 fully saturated rings. The van der Waals surface area contributed by atoms with Crippen LogP contribution in [-0.2, 0) is 23.9 Å². The van der Waals surface area contributed by atoms with E-state index in [4.69, 9.17) is 9.16 Å². The molecule has 0 bridgehead atoms. The molecule has 3 rings (SSSR count). The van der Waals surface area contributed by atoms with Crippen molar-refractivity contribution < 1.29 is 53.5 Å². The fraction of sp³-hybridized carbons (Fsp3) is 0.720. The lowest BCUT2D eigenvalue weighted by atomic mass is 9.90. The van der Waals surface area contributed by atoms with Gasteiger partial charge in [0.05, 0.1) is 17.1 Å². The van der Waals surface area contributed by atoms with Gasteiger partial charge in [0.1, 0.15) is 12.4 Å². The monoisotopic (exact) mass is 634 g/mol. The van der Waals surface area contributed by atoms with Crippen molar-refractivity contribution in [3.05, 3.63) is 30.1 Å². The molecule has 0 aromatic heterocycles. The molecule has 8 nitrogen and oxygen atoms in total. The molecule has 2 aliphatic heterocycles. The molecule has 0 N–H and O–H groups in total. The number of hydrogen-bond acceptors (Lipinski definition) is 6. The van der Waals surface area contributed by atoms with E-state index in [0.717, 1.165) is 29.2 Å². The zero-order valence-electron chi connectivity index (χ0n) is 23.6. The molecule has 16 heteroatoms. The minimum atomic E-state index is -5.56. The Kier molecular flexibility index (Phi) is 9.56. The maximum absolute atomic E-state index is 14.8. The van der Waals surface area contributed by atoms with Gasteiger partial charge in [-0.25, -0.2) is 17.6 Å². The second kappa shape index (κ2) is 11.7. The van der Waals surface area contributed by atoms with E-state index in [9.17, 15) is 39.6 Å². The van der Waals surface area contributed by atoms with Crippen molar-refractivity contribution in [3.8, 4) is 0 Å². The number of nitrogens with zero attached hydrogens (tertiary/aromatic N) is 2. The molecule has 1 aromatic carbocycles. The van der Waals surface area contributed by atoms with E-state index in [2.05, 4.69) is 4.74 Å². The number of piperidine rings is 1. The Labute approximate surface area is 237 Å². The molecule has 2 saturated heterocycles. The van der Waals surface area contributed by atoms with Gasteiger partial charge in [-0.1, -0.05) is 20.8 Å². The van der Waals surface area contributed by atoms with Gasteiger partial charge in [0.25, 0.3) is 6.10 Å². The van der Waals surface area contributed by atoms with Crippen molar-refractivity contribution >= 4 is 24.4 Å². The lowest BCUT2D eigenvalue weighted by molar-refractivity contribution is -0.276. The van der Waals surface area contributed by atoms with Gasteiger partial charge in [-0.3, -0.25) is 0 Å². The van der Waals surface area contributed by atoms with Crippen LogP contribution < -0.4 is 0 Å². The summed E-state index contributed by atoms with van der Waals surface area (Å²) in [7, 11) is -6.83. The molecule has 1 amide bonds. The topological polar surface area (TPSA) is 85.4 Å². The Hall–Kier alpha value is -1.88. The largest absolute Gasteiger partial charge is 0.431 e. The van der Waals surface area contributed by atoms with Gasteiger partial charge in [-0.15, -0.1) is 0 Å². The highest BCUT2D eigenvalue weighted by Gasteiger charge is 2.60. The standard InChI is InChI=1S/C25H36F6N2O6SSi/c1-22(2,3)41(4,5)38-17-24(27,28)20(25(29,30)31)39-21(34)32-12-10-23(11-13-32)16-33(14-15-37-23)40(35,36)19-8-6-18(26)7-9-19/h6-9,20H,10-17H2,1-5H3. The van der Waals surface area contributed by atoms with Gasteiger partial charge in [-0.05, 0) is 55.2 Å². The third kappa shape index (κ3) is 7.75. The van der Waals surface area contributed by atoms with Crippen LogP contribution in [0.1, 0.15) is 33.6 Å². The average Bonchev–Trinajstić information content (AvgIpc) is 2.85. The quantitative estimate of drug-likeness (QED) is 0.295. The van der Waals surface area contributed by atoms with Gasteiger partial charge in [0, 0.05) is 26.2 Å². The summed E-state index contributed by atoms with van der Waals surface area (Å²) in [4.78, 5) is 13.4. The Morgan fingerprint density at radius 3 is 2.12 bits per heavy atom. The predicted octanol–water partition coefficient (Wildman–Crippen LogP) is 5.41. The second-order valence-electron chi connectivity index (χ2n) is 11.9. The molecule has 1 unspecified atom stereocenters. The summed E-state index contributed by atoms with van der Waals surface area (Å²) in [6.07, 6.45) is -10.8. The Morgan fingerprint density at radius 2 is 1.61 bits per heavy atom. The molecule has 0 radical (unpaired) electrons. The summed E-state index contributed by atoms with van der Waals surface area (Å²) in [5.41, 5.74) is -1.05. The van der Waals surface area contributed by atoms with Crippen LogP contribution in [0.4, 0.5) is 31.1 Å². The minimum Gasteiger partial charge on any atom is -0.430 e. The summed E-state index contributed by atoms with van der Waals surface area (Å²) >= 11 is 0. The zero-order valence-corrected chi connectivity index (χ0v) is 25.4. The van der Waals surface area contributed by atoms with Crippen molar-refractivity contribution in [1.82, 2.24) is 9.21 Å². The number of rotatable bonds is 7. The van der Waals surface area contributed by atoms with Gasteiger partial charge in [-0.2, -0.15) is 26.3 Å². The summed E-state index contributed by atoms with van der Waals surface area (Å²) < 4.78 is 127. The number of morpholine rings is 1. The molecule has 41 heavy (non-hydrogen) atoms. The maximum Gasteiger partial charge on any atom is 0.431 e. The average molecular weight is 635 g/mol. The summed E-state index contributed by atoms with van der Waals surface area (Å²) in [5.74, 6) is -5.14. The highest BCUT2D eigenvalue weighted by Crippen LogP contribution is 2.41. The van der Waals surface area contributed by atoms with E-state index >= 15 is 0 Å². The summed E-state index contributed by atoms with van der Waals surface area (Å²) in [5, 5.41) is -0.535. The van der Waals surface area contributed by atoms with Gasteiger partial charge in [0.2, 0.25) is 10.0 Å². The second-order valence-corrected chi connectivity index (χ2v) is 18.7. The van der Waals surface area contributed by atoms with Crippen molar-refractivity contribution in [1.29, 1.82) is 0 Å². The highest BCUT2D eigenvalue weighted by atomic mass is 32.2. The normalized spacial score (nSPS) is 20.2. The Morgan fingerprint density at radius 1 is 1.05 bits per heavy atom. The number of hydrogen-bond donors (Lipinski definition) is 0. The zero-order chi connectivity index (χ0) is 31.1. The van der Waals surface area contributed by atoms with E-state index in [1.54, 1.807) is 33.9 Å². The number of amides is 1. The lowest BCUT2D eigenvalue weighted by Gasteiger charge is -2.46. The molecule has 0 aliphatic carbocycles. The van der Waals surface area contributed by atoms with Crippen molar-refractivity contribution in [2.75, 3.05) is 39.4 Å². The Bertz CT molecular complexity index is 1180. The number of carbonyl (C=O) groups is 1. The number of sulfonamides is 1. The first-order valence-corrected chi connectivity index (χ1v) is 17.4. The first-order chi connectivity index (χ1) is 18.6. The van der Waals surface area contributed by atoms with E-state index in [-0.39, 0.29) is 50.5 Å². The molecule has 1 atom stereocenters. The van der Waals surface area contributed by atoms with Crippen LogP contribution in [0.2, 0.25) is 18.1 Å². The van der Waals surface area contributed by atoms with Crippen LogP contribution in [-0.4, -0.2) is 95.2 Å². The maximum atomic E-state index is 14.8. The van der Waals surface area contributed by atoms with E-state index in [0.29, 0.717) is 0 Å². The SMILES string of the molecule is CC(C)(C)[Si](C)(C)OCC(F)(F)C(OC(=O)N1CCC2(CC1)CN(S(=O)(=O)c1ccc(F)cc1)CCO2)C(F)(F)F. The smallest absolute Gasteiger partial charge is 0.430 e. The first-order valence-electron chi connectivity index (χ1n) is 13.0. The van der Waals surface area contributed by atoms with Gasteiger partial charge < -0.3 is 18.8 Å². The van der Waals surface area contributed by atoms with Crippen molar-refractivity contribution in [2.45, 2.75) is 80.4 Å². The van der Waals surface area contributed by atoms with Crippen LogP contribution in [0.25, 0.3) is 0 Å². The molecule has 234 valence electrons. The lowest BCUT2D eigenvalue weighted by Crippen LogP contribution is -2.59. The van der Waals surface area contributed by atoms with E-state index in [1.165, 1.54) is 4.31 Å². The molecule has 2 aliphatic rings. The third-order valence-corrected chi connectivity index (χ3v) is 14.3.